The van der Waals surface area contributed by atoms with E-state index in [0.29, 0.717) is 6.04 Å². The van der Waals surface area contributed by atoms with Crippen molar-refractivity contribution in [2.24, 2.45) is 5.73 Å². The second kappa shape index (κ2) is 6.58. The van der Waals surface area contributed by atoms with Crippen LogP contribution >= 0.6 is 0 Å². The van der Waals surface area contributed by atoms with Crippen molar-refractivity contribution in [2.45, 2.75) is 25.3 Å². The first-order chi connectivity index (χ1) is 8.40. The lowest BCUT2D eigenvalue weighted by molar-refractivity contribution is 0.170. The molecule has 1 aliphatic rings. The van der Waals surface area contributed by atoms with E-state index in [-0.39, 0.29) is 0 Å². The summed E-state index contributed by atoms with van der Waals surface area (Å²) < 4.78 is 0. The molecular formula is C15H22N2. The highest BCUT2D eigenvalue weighted by atomic mass is 15.2. The van der Waals surface area contributed by atoms with Crippen LogP contribution in [-0.2, 0) is 0 Å². The number of benzene rings is 1. The van der Waals surface area contributed by atoms with Crippen molar-refractivity contribution in [3.05, 3.63) is 42.0 Å². The Kier molecular flexibility index (Phi) is 4.77. The highest BCUT2D eigenvalue weighted by Crippen LogP contribution is 2.15. The van der Waals surface area contributed by atoms with Gasteiger partial charge in [0.25, 0.3) is 0 Å². The van der Waals surface area contributed by atoms with E-state index in [9.17, 15) is 0 Å². The van der Waals surface area contributed by atoms with Crippen molar-refractivity contribution in [3.63, 3.8) is 0 Å². The third-order valence-corrected chi connectivity index (χ3v) is 3.47. The van der Waals surface area contributed by atoms with Crippen molar-refractivity contribution in [3.8, 4) is 0 Å². The summed E-state index contributed by atoms with van der Waals surface area (Å²) in [5.74, 6) is 0. The maximum Gasteiger partial charge on any atom is 0.0221 e. The van der Waals surface area contributed by atoms with Gasteiger partial charge in [-0.2, -0.15) is 0 Å². The molecule has 92 valence electrons. The van der Waals surface area contributed by atoms with Gasteiger partial charge >= 0.3 is 0 Å². The third-order valence-electron chi connectivity index (χ3n) is 3.47. The predicted molar refractivity (Wildman–Crippen MR) is 73.7 cm³/mol. The summed E-state index contributed by atoms with van der Waals surface area (Å²) in [4.78, 5) is 2.50. The molecule has 2 N–H and O–H groups in total. The number of piperidine rings is 1. The normalized spacial score (nSPS) is 22.1. The van der Waals surface area contributed by atoms with Gasteiger partial charge in [-0.25, -0.2) is 0 Å². The lowest BCUT2D eigenvalue weighted by Crippen LogP contribution is -2.43. The van der Waals surface area contributed by atoms with Crippen LogP contribution < -0.4 is 5.73 Å². The molecule has 0 aromatic heterocycles. The highest BCUT2D eigenvalue weighted by molar-refractivity contribution is 5.48. The first kappa shape index (κ1) is 12.3. The van der Waals surface area contributed by atoms with Gasteiger partial charge in [0.1, 0.15) is 0 Å². The van der Waals surface area contributed by atoms with E-state index in [4.69, 9.17) is 5.73 Å². The van der Waals surface area contributed by atoms with E-state index < -0.39 is 0 Å². The Morgan fingerprint density at radius 1 is 1.24 bits per heavy atom. The van der Waals surface area contributed by atoms with E-state index in [1.165, 1.54) is 31.4 Å². The molecule has 2 heteroatoms. The van der Waals surface area contributed by atoms with E-state index in [2.05, 4.69) is 41.3 Å². The summed E-state index contributed by atoms with van der Waals surface area (Å²) in [5, 5.41) is 0. The molecule has 1 aromatic rings. The topological polar surface area (TPSA) is 29.3 Å². The van der Waals surface area contributed by atoms with E-state index >= 15 is 0 Å². The van der Waals surface area contributed by atoms with Gasteiger partial charge in [-0.05, 0) is 24.9 Å². The molecule has 1 fully saturated rings. The van der Waals surface area contributed by atoms with Crippen molar-refractivity contribution < 1.29 is 0 Å². The van der Waals surface area contributed by atoms with Gasteiger partial charge in [0.2, 0.25) is 0 Å². The van der Waals surface area contributed by atoms with Crippen LogP contribution in [-0.4, -0.2) is 30.6 Å². The SMILES string of the molecule is NCC1CCCCN1CC=Cc1ccccc1. The molecule has 0 radical (unpaired) electrons. The number of nitrogens with zero attached hydrogens (tertiary/aromatic N) is 1. The molecule has 0 spiro atoms. The summed E-state index contributed by atoms with van der Waals surface area (Å²) in [7, 11) is 0. The first-order valence-electron chi connectivity index (χ1n) is 6.56. The quantitative estimate of drug-likeness (QED) is 0.861. The standard InChI is InChI=1S/C15H22N2/c16-13-15-10-4-5-11-17(15)12-6-9-14-7-2-1-3-8-14/h1-3,6-9,15H,4-5,10-13,16H2. The van der Waals surface area contributed by atoms with Crippen LogP contribution in [0, 0.1) is 0 Å². The number of rotatable bonds is 4. The molecule has 1 unspecified atom stereocenters. The minimum atomic E-state index is 0.587. The zero-order valence-corrected chi connectivity index (χ0v) is 10.4. The van der Waals surface area contributed by atoms with Gasteiger partial charge in [0, 0.05) is 19.1 Å². The molecule has 0 saturated carbocycles. The van der Waals surface area contributed by atoms with Gasteiger partial charge < -0.3 is 5.73 Å². The van der Waals surface area contributed by atoms with E-state index in [1.54, 1.807) is 0 Å². The average molecular weight is 230 g/mol. The molecule has 1 atom stereocenters. The number of hydrogen-bond donors (Lipinski definition) is 1. The van der Waals surface area contributed by atoms with Crippen LogP contribution in [0.2, 0.25) is 0 Å². The maximum atomic E-state index is 5.81. The number of hydrogen-bond acceptors (Lipinski definition) is 2. The molecule has 1 heterocycles. The predicted octanol–water partition coefficient (Wildman–Crippen LogP) is 2.51. The summed E-state index contributed by atoms with van der Waals surface area (Å²) in [6.45, 7) is 3.01. The summed E-state index contributed by atoms with van der Waals surface area (Å²) in [5.41, 5.74) is 7.08. The number of likely N-dealkylation sites (tertiary alicyclic amines) is 1. The number of nitrogens with two attached hydrogens (primary N) is 1. The Morgan fingerprint density at radius 2 is 2.06 bits per heavy atom. The largest absolute Gasteiger partial charge is 0.329 e. The Balaban J connectivity index is 1.86. The Bertz CT molecular complexity index is 345. The van der Waals surface area contributed by atoms with Crippen LogP contribution in [0.15, 0.2) is 36.4 Å². The van der Waals surface area contributed by atoms with Crippen LogP contribution in [0.5, 0.6) is 0 Å². The van der Waals surface area contributed by atoms with Crippen molar-refractivity contribution in [2.75, 3.05) is 19.6 Å². The second-order valence-corrected chi connectivity index (χ2v) is 4.69. The Labute approximate surface area is 104 Å². The van der Waals surface area contributed by atoms with Crippen LogP contribution in [0.3, 0.4) is 0 Å². The highest BCUT2D eigenvalue weighted by Gasteiger charge is 2.19. The molecule has 0 aliphatic carbocycles. The molecule has 0 bridgehead atoms. The van der Waals surface area contributed by atoms with Crippen LogP contribution in [0.1, 0.15) is 24.8 Å². The van der Waals surface area contributed by atoms with Crippen molar-refractivity contribution in [1.29, 1.82) is 0 Å². The van der Waals surface area contributed by atoms with Gasteiger partial charge in [-0.15, -0.1) is 0 Å². The van der Waals surface area contributed by atoms with Crippen molar-refractivity contribution in [1.82, 2.24) is 4.90 Å². The monoisotopic (exact) mass is 230 g/mol. The molecule has 17 heavy (non-hydrogen) atoms. The molecule has 1 aromatic carbocycles. The lowest BCUT2D eigenvalue weighted by atomic mass is 10.0. The summed E-state index contributed by atoms with van der Waals surface area (Å²) in [6.07, 6.45) is 8.36. The van der Waals surface area contributed by atoms with Gasteiger partial charge in [0.15, 0.2) is 0 Å². The van der Waals surface area contributed by atoms with Crippen molar-refractivity contribution >= 4 is 6.08 Å². The molecule has 2 nitrogen and oxygen atoms in total. The zero-order chi connectivity index (χ0) is 11.9. The Hall–Kier alpha value is -1.12. The minimum absolute atomic E-state index is 0.587. The summed E-state index contributed by atoms with van der Waals surface area (Å²) >= 11 is 0. The fourth-order valence-corrected chi connectivity index (χ4v) is 2.46. The van der Waals surface area contributed by atoms with Gasteiger partial charge in [-0.3, -0.25) is 4.90 Å². The molecular weight excluding hydrogens is 208 g/mol. The molecule has 2 rings (SSSR count). The lowest BCUT2D eigenvalue weighted by Gasteiger charge is -2.34. The van der Waals surface area contributed by atoms with Crippen LogP contribution in [0.4, 0.5) is 0 Å². The molecule has 1 saturated heterocycles. The van der Waals surface area contributed by atoms with Gasteiger partial charge in [0.05, 0.1) is 0 Å². The summed E-state index contributed by atoms with van der Waals surface area (Å²) in [6, 6.07) is 11.0. The zero-order valence-electron chi connectivity index (χ0n) is 10.4. The van der Waals surface area contributed by atoms with E-state index in [0.717, 1.165) is 13.1 Å². The van der Waals surface area contributed by atoms with Gasteiger partial charge in [-0.1, -0.05) is 48.9 Å². The Morgan fingerprint density at radius 3 is 2.82 bits per heavy atom. The molecule has 0 amide bonds. The van der Waals surface area contributed by atoms with Crippen LogP contribution in [0.25, 0.3) is 6.08 Å². The average Bonchev–Trinajstić information content (AvgIpc) is 2.40. The second-order valence-electron chi connectivity index (χ2n) is 4.69. The first-order valence-corrected chi connectivity index (χ1v) is 6.56. The maximum absolute atomic E-state index is 5.81. The smallest absolute Gasteiger partial charge is 0.0221 e. The fourth-order valence-electron chi connectivity index (χ4n) is 2.46. The third kappa shape index (κ3) is 3.69. The minimum Gasteiger partial charge on any atom is -0.329 e. The fraction of sp³-hybridized carbons (Fsp3) is 0.467. The van der Waals surface area contributed by atoms with E-state index in [1.807, 2.05) is 6.07 Å². The molecule has 1 aliphatic heterocycles.